The van der Waals surface area contributed by atoms with Crippen molar-refractivity contribution in [2.24, 2.45) is 4.99 Å². The maximum atomic E-state index is 6.10. The van der Waals surface area contributed by atoms with Crippen LogP contribution in [0.1, 0.15) is 16.8 Å². The molecule has 4 heteroatoms. The standard InChI is InChI=1S/C17H22N2OSi/c1-14-9-10-16(19-11-14)13-18-12-15-7-5-6-8-17(15)20-21(2,3)4/h5-11,13H,12H2,1-4H3/b18-13+. The third kappa shape index (κ3) is 5.15. The van der Waals surface area contributed by atoms with Crippen molar-refractivity contribution in [1.82, 2.24) is 4.98 Å². The molecule has 1 aromatic carbocycles. The molecule has 0 aliphatic carbocycles. The van der Waals surface area contributed by atoms with Gasteiger partial charge in [0.05, 0.1) is 12.2 Å². The van der Waals surface area contributed by atoms with Crippen molar-refractivity contribution in [3.05, 3.63) is 59.4 Å². The molecule has 0 N–H and O–H groups in total. The molecule has 0 aliphatic heterocycles. The third-order valence-corrected chi connectivity index (χ3v) is 3.64. The van der Waals surface area contributed by atoms with Gasteiger partial charge in [0.25, 0.3) is 0 Å². The predicted molar refractivity (Wildman–Crippen MR) is 90.7 cm³/mol. The molecule has 0 spiro atoms. The second-order valence-corrected chi connectivity index (χ2v) is 10.5. The van der Waals surface area contributed by atoms with E-state index in [1.54, 1.807) is 0 Å². The Kier molecular flexibility index (Phi) is 4.91. The molecule has 0 amide bonds. The zero-order valence-corrected chi connectivity index (χ0v) is 14.1. The maximum Gasteiger partial charge on any atom is 0.242 e. The second-order valence-electron chi connectivity index (χ2n) is 6.05. The molecule has 0 atom stereocenters. The van der Waals surface area contributed by atoms with Crippen LogP contribution >= 0.6 is 0 Å². The first-order valence-corrected chi connectivity index (χ1v) is 10.5. The zero-order chi connectivity index (χ0) is 15.3. The fourth-order valence-corrected chi connectivity index (χ4v) is 2.72. The van der Waals surface area contributed by atoms with Crippen LogP contribution in [-0.4, -0.2) is 19.5 Å². The van der Waals surface area contributed by atoms with Gasteiger partial charge in [0, 0.05) is 18.0 Å². The average Bonchev–Trinajstić information content (AvgIpc) is 2.41. The van der Waals surface area contributed by atoms with Gasteiger partial charge in [-0.2, -0.15) is 0 Å². The molecule has 0 fully saturated rings. The van der Waals surface area contributed by atoms with Crippen molar-refractivity contribution in [3.8, 4) is 5.75 Å². The molecule has 0 saturated heterocycles. The minimum absolute atomic E-state index is 0.607. The molecule has 0 unspecified atom stereocenters. The summed E-state index contributed by atoms with van der Waals surface area (Å²) in [5.41, 5.74) is 3.15. The molecule has 110 valence electrons. The highest BCUT2D eigenvalue weighted by molar-refractivity contribution is 6.70. The fourth-order valence-electron chi connectivity index (χ4n) is 1.86. The number of para-hydroxylation sites is 1. The minimum atomic E-state index is -1.60. The van der Waals surface area contributed by atoms with E-state index in [4.69, 9.17) is 4.43 Å². The first-order chi connectivity index (χ1) is 9.94. The van der Waals surface area contributed by atoms with Gasteiger partial charge in [-0.15, -0.1) is 0 Å². The lowest BCUT2D eigenvalue weighted by atomic mass is 10.2. The van der Waals surface area contributed by atoms with Gasteiger partial charge in [-0.25, -0.2) is 0 Å². The molecule has 0 saturated carbocycles. The summed E-state index contributed by atoms with van der Waals surface area (Å²) in [4.78, 5) is 8.80. The summed E-state index contributed by atoms with van der Waals surface area (Å²) in [6.45, 7) is 9.18. The number of rotatable bonds is 5. The number of nitrogens with zero attached hydrogens (tertiary/aromatic N) is 2. The Balaban J connectivity index is 2.07. The van der Waals surface area contributed by atoms with Crippen LogP contribution in [0, 0.1) is 6.92 Å². The van der Waals surface area contributed by atoms with Crippen molar-refractivity contribution < 1.29 is 4.43 Å². The molecule has 1 aromatic heterocycles. The SMILES string of the molecule is Cc1ccc(/C=N/Cc2ccccc2O[Si](C)(C)C)nc1. The third-order valence-electron chi connectivity index (χ3n) is 2.81. The lowest BCUT2D eigenvalue weighted by Crippen LogP contribution is -2.29. The van der Waals surface area contributed by atoms with Crippen LogP contribution < -0.4 is 4.43 Å². The molecule has 21 heavy (non-hydrogen) atoms. The smallest absolute Gasteiger partial charge is 0.242 e. The molecule has 2 rings (SSSR count). The normalized spacial score (nSPS) is 11.8. The Morgan fingerprint density at radius 1 is 1.14 bits per heavy atom. The maximum absolute atomic E-state index is 6.10. The van der Waals surface area contributed by atoms with E-state index >= 15 is 0 Å². The predicted octanol–water partition coefficient (Wildman–Crippen LogP) is 4.22. The Morgan fingerprint density at radius 2 is 1.90 bits per heavy atom. The van der Waals surface area contributed by atoms with E-state index in [-0.39, 0.29) is 0 Å². The summed E-state index contributed by atoms with van der Waals surface area (Å²) >= 11 is 0. The van der Waals surface area contributed by atoms with Crippen molar-refractivity contribution in [2.75, 3.05) is 0 Å². The van der Waals surface area contributed by atoms with Gasteiger partial charge in [0.2, 0.25) is 8.32 Å². The quantitative estimate of drug-likeness (QED) is 0.612. The van der Waals surface area contributed by atoms with E-state index in [0.29, 0.717) is 6.54 Å². The molecule has 1 heterocycles. The highest BCUT2D eigenvalue weighted by atomic mass is 28.4. The van der Waals surface area contributed by atoms with Crippen LogP contribution in [0.25, 0.3) is 0 Å². The molecular weight excluding hydrogens is 276 g/mol. The average molecular weight is 298 g/mol. The van der Waals surface area contributed by atoms with Gasteiger partial charge in [-0.1, -0.05) is 24.3 Å². The van der Waals surface area contributed by atoms with E-state index in [2.05, 4.69) is 35.7 Å². The fraction of sp³-hybridized carbons (Fsp3) is 0.294. The first-order valence-electron chi connectivity index (χ1n) is 7.13. The number of benzene rings is 1. The largest absolute Gasteiger partial charge is 0.544 e. The second kappa shape index (κ2) is 6.67. The summed E-state index contributed by atoms with van der Waals surface area (Å²) in [6.07, 6.45) is 3.66. The number of hydrogen-bond acceptors (Lipinski definition) is 3. The van der Waals surface area contributed by atoms with E-state index in [1.807, 2.05) is 49.7 Å². The number of aryl methyl sites for hydroxylation is 1. The highest BCUT2D eigenvalue weighted by Gasteiger charge is 2.17. The first kappa shape index (κ1) is 15.4. The lowest BCUT2D eigenvalue weighted by Gasteiger charge is -2.21. The molecule has 3 nitrogen and oxygen atoms in total. The number of aliphatic imine (C=N–C) groups is 1. The molecule has 2 aromatic rings. The van der Waals surface area contributed by atoms with Gasteiger partial charge in [-0.3, -0.25) is 9.98 Å². The summed E-state index contributed by atoms with van der Waals surface area (Å²) in [5.74, 6) is 0.950. The van der Waals surface area contributed by atoms with Crippen LogP contribution in [-0.2, 0) is 6.54 Å². The topological polar surface area (TPSA) is 34.5 Å². The van der Waals surface area contributed by atoms with Gasteiger partial charge in [0.15, 0.2) is 0 Å². The van der Waals surface area contributed by atoms with E-state index in [1.165, 1.54) is 0 Å². The summed E-state index contributed by atoms with van der Waals surface area (Å²) < 4.78 is 6.10. The van der Waals surface area contributed by atoms with Gasteiger partial charge < -0.3 is 4.43 Å². The van der Waals surface area contributed by atoms with Crippen LogP contribution in [0.2, 0.25) is 19.6 Å². The lowest BCUT2D eigenvalue weighted by molar-refractivity contribution is 0.549. The van der Waals surface area contributed by atoms with Gasteiger partial charge in [-0.05, 0) is 44.3 Å². The van der Waals surface area contributed by atoms with Crippen LogP contribution in [0.15, 0.2) is 47.6 Å². The Labute approximate surface area is 127 Å². The van der Waals surface area contributed by atoms with Crippen molar-refractivity contribution in [2.45, 2.75) is 33.1 Å². The Hall–Kier alpha value is -1.94. The number of hydrogen-bond donors (Lipinski definition) is 0. The van der Waals surface area contributed by atoms with E-state index in [0.717, 1.165) is 22.6 Å². The van der Waals surface area contributed by atoms with Crippen LogP contribution in [0.5, 0.6) is 5.75 Å². The Bertz CT molecular complexity index is 615. The highest BCUT2D eigenvalue weighted by Crippen LogP contribution is 2.22. The van der Waals surface area contributed by atoms with Crippen LogP contribution in [0.4, 0.5) is 0 Å². The van der Waals surface area contributed by atoms with Crippen molar-refractivity contribution in [1.29, 1.82) is 0 Å². The molecule has 0 aliphatic rings. The van der Waals surface area contributed by atoms with E-state index in [9.17, 15) is 0 Å². The van der Waals surface area contributed by atoms with Crippen LogP contribution in [0.3, 0.4) is 0 Å². The summed E-state index contributed by atoms with van der Waals surface area (Å²) in [7, 11) is -1.60. The number of pyridine rings is 1. The molecular formula is C17H22N2OSi. The van der Waals surface area contributed by atoms with Gasteiger partial charge in [0.1, 0.15) is 5.75 Å². The van der Waals surface area contributed by atoms with Crippen molar-refractivity contribution >= 4 is 14.5 Å². The summed E-state index contributed by atoms with van der Waals surface area (Å²) in [5, 5.41) is 0. The number of aromatic nitrogens is 1. The van der Waals surface area contributed by atoms with E-state index < -0.39 is 8.32 Å². The monoisotopic (exact) mass is 298 g/mol. The van der Waals surface area contributed by atoms with Crippen molar-refractivity contribution in [3.63, 3.8) is 0 Å². The molecule has 0 bridgehead atoms. The Morgan fingerprint density at radius 3 is 2.57 bits per heavy atom. The minimum Gasteiger partial charge on any atom is -0.544 e. The molecule has 0 radical (unpaired) electrons. The van der Waals surface area contributed by atoms with Gasteiger partial charge >= 0.3 is 0 Å². The summed E-state index contributed by atoms with van der Waals surface area (Å²) in [6, 6.07) is 12.1. The zero-order valence-electron chi connectivity index (χ0n) is 13.1.